The lowest BCUT2D eigenvalue weighted by molar-refractivity contribution is -0.140. The lowest BCUT2D eigenvalue weighted by Gasteiger charge is -2.33. The van der Waals surface area contributed by atoms with Crippen molar-refractivity contribution in [1.82, 2.24) is 10.2 Å². The van der Waals surface area contributed by atoms with E-state index in [1.807, 2.05) is 42.5 Å². The first-order chi connectivity index (χ1) is 20.6. The van der Waals surface area contributed by atoms with E-state index in [9.17, 15) is 24.8 Å². The van der Waals surface area contributed by atoms with E-state index >= 15 is 0 Å². The van der Waals surface area contributed by atoms with E-state index in [0.717, 1.165) is 21.2 Å². The summed E-state index contributed by atoms with van der Waals surface area (Å²) in [6.45, 7) is 4.61. The second-order valence-corrected chi connectivity index (χ2v) is 11.0. The number of hydrogen-bond acceptors (Lipinski definition) is 6. The Labute approximate surface area is 250 Å². The van der Waals surface area contributed by atoms with E-state index in [4.69, 9.17) is 4.74 Å². The van der Waals surface area contributed by atoms with Gasteiger partial charge in [-0.25, -0.2) is 4.79 Å². The summed E-state index contributed by atoms with van der Waals surface area (Å²) in [7, 11) is 0. The van der Waals surface area contributed by atoms with Gasteiger partial charge in [0, 0.05) is 17.7 Å². The molecule has 0 aromatic heterocycles. The number of phenols is 1. The fourth-order valence-corrected chi connectivity index (χ4v) is 4.72. The molecule has 0 aliphatic carbocycles. The van der Waals surface area contributed by atoms with Crippen molar-refractivity contribution in [2.75, 3.05) is 11.9 Å². The molecule has 0 heterocycles. The summed E-state index contributed by atoms with van der Waals surface area (Å²) in [6.07, 6.45) is -0.751. The monoisotopic (exact) mass is 578 g/mol. The van der Waals surface area contributed by atoms with Crippen LogP contribution in [-0.2, 0) is 20.7 Å². The summed E-state index contributed by atoms with van der Waals surface area (Å²) in [5.41, 5.74) is 0.518. The van der Waals surface area contributed by atoms with Gasteiger partial charge >= 0.3 is 6.09 Å². The van der Waals surface area contributed by atoms with Gasteiger partial charge in [0.2, 0.25) is 5.91 Å². The van der Waals surface area contributed by atoms with Crippen molar-refractivity contribution in [3.8, 4) is 11.8 Å². The van der Waals surface area contributed by atoms with Crippen molar-refractivity contribution in [2.45, 2.75) is 44.9 Å². The number of fused-ring (bicyclic) bond motifs is 1. The van der Waals surface area contributed by atoms with Crippen LogP contribution < -0.4 is 10.6 Å². The maximum atomic E-state index is 14.2. The molecule has 3 N–H and O–H groups in total. The molecular formula is C34H34N4O5. The third-order valence-electron chi connectivity index (χ3n) is 6.60. The molecule has 0 radical (unpaired) electrons. The first-order valence-electron chi connectivity index (χ1n) is 13.8. The highest BCUT2D eigenvalue weighted by atomic mass is 16.6. The Morgan fingerprint density at radius 2 is 1.56 bits per heavy atom. The minimum Gasteiger partial charge on any atom is -0.508 e. The molecule has 0 aliphatic rings. The zero-order valence-electron chi connectivity index (χ0n) is 24.3. The minimum atomic E-state index is -1.40. The summed E-state index contributed by atoms with van der Waals surface area (Å²) in [6, 6.07) is 27.6. The van der Waals surface area contributed by atoms with Crippen LogP contribution >= 0.6 is 0 Å². The number of nitriles is 1. The fraction of sp³-hybridized carbons (Fsp3) is 0.235. The third kappa shape index (κ3) is 8.11. The number of rotatable bonds is 9. The van der Waals surface area contributed by atoms with Crippen LogP contribution in [0.5, 0.6) is 5.75 Å². The summed E-state index contributed by atoms with van der Waals surface area (Å²) in [5, 5.41) is 28.0. The van der Waals surface area contributed by atoms with Crippen LogP contribution in [0.3, 0.4) is 0 Å². The molecule has 2 atom stereocenters. The first-order valence-corrected chi connectivity index (χ1v) is 13.8. The molecule has 0 fully saturated rings. The Kier molecular flexibility index (Phi) is 9.63. The number of nitrogens with zero attached hydrogens (tertiary/aromatic N) is 2. The highest BCUT2D eigenvalue weighted by molar-refractivity contribution is 6.00. The molecule has 0 bridgehead atoms. The van der Waals surface area contributed by atoms with Crippen molar-refractivity contribution in [3.05, 3.63) is 108 Å². The second-order valence-electron chi connectivity index (χ2n) is 11.0. The van der Waals surface area contributed by atoms with Crippen LogP contribution in [0, 0.1) is 11.3 Å². The Morgan fingerprint density at radius 3 is 2.23 bits per heavy atom. The van der Waals surface area contributed by atoms with Crippen molar-refractivity contribution >= 4 is 34.4 Å². The molecule has 0 aliphatic heterocycles. The van der Waals surface area contributed by atoms with Gasteiger partial charge in [-0.3, -0.25) is 9.59 Å². The number of carbonyl (C=O) groups is 3. The minimum absolute atomic E-state index is 0.0701. The molecule has 0 saturated heterocycles. The maximum absolute atomic E-state index is 14.2. The van der Waals surface area contributed by atoms with E-state index in [1.54, 1.807) is 69.3 Å². The predicted molar refractivity (Wildman–Crippen MR) is 164 cm³/mol. The van der Waals surface area contributed by atoms with Crippen molar-refractivity contribution in [1.29, 1.82) is 5.26 Å². The van der Waals surface area contributed by atoms with Crippen LogP contribution in [-0.4, -0.2) is 46.1 Å². The molecule has 0 saturated carbocycles. The number of hydrogen-bond donors (Lipinski definition) is 3. The van der Waals surface area contributed by atoms with Gasteiger partial charge in [-0.2, -0.15) is 5.26 Å². The van der Waals surface area contributed by atoms with Gasteiger partial charge in [0.25, 0.3) is 5.91 Å². The molecule has 3 amide bonds. The van der Waals surface area contributed by atoms with Crippen LogP contribution in [0.1, 0.15) is 37.9 Å². The van der Waals surface area contributed by atoms with Crippen molar-refractivity contribution in [3.63, 3.8) is 0 Å². The standard InChI is InChI=1S/C34H34N4O5/c1-34(2,3)43-33(42)37-28(21-23-11-5-4-6-12-23)32(41)38(20-19-35)30(27-15-9-10-16-29(27)39)31(40)36-26-18-17-24-13-7-8-14-25(24)22-26/h4-18,22,28,30,39H,20-21H2,1-3H3,(H,36,40)(H,37,42). The number of alkyl carbamates (subject to hydrolysis) is 1. The maximum Gasteiger partial charge on any atom is 0.408 e. The summed E-state index contributed by atoms with van der Waals surface area (Å²) < 4.78 is 5.42. The highest BCUT2D eigenvalue weighted by Gasteiger charge is 2.37. The average molecular weight is 579 g/mol. The Hall–Kier alpha value is -5.36. The SMILES string of the molecule is CC(C)(C)OC(=O)NC(Cc1ccccc1)C(=O)N(CC#N)C(C(=O)Nc1ccc2ccccc2c1)c1ccccc1O. The number of carbonyl (C=O) groups excluding carboxylic acids is 3. The molecule has 4 rings (SSSR count). The van der Waals surface area contributed by atoms with Gasteiger partial charge in [0.05, 0.1) is 6.07 Å². The topological polar surface area (TPSA) is 132 Å². The molecule has 9 nitrogen and oxygen atoms in total. The normalized spacial score (nSPS) is 12.4. The van der Waals surface area contributed by atoms with E-state index in [0.29, 0.717) is 5.69 Å². The largest absolute Gasteiger partial charge is 0.508 e. The number of ether oxygens (including phenoxy) is 1. The molecule has 43 heavy (non-hydrogen) atoms. The van der Waals surface area contributed by atoms with Gasteiger partial charge in [0.15, 0.2) is 0 Å². The molecule has 220 valence electrons. The van der Waals surface area contributed by atoms with Gasteiger partial charge < -0.3 is 25.4 Å². The van der Waals surface area contributed by atoms with Crippen LogP contribution in [0.2, 0.25) is 0 Å². The summed E-state index contributed by atoms with van der Waals surface area (Å²) >= 11 is 0. The number of aromatic hydroxyl groups is 1. The zero-order valence-corrected chi connectivity index (χ0v) is 24.3. The van der Waals surface area contributed by atoms with Crippen LogP contribution in [0.25, 0.3) is 10.8 Å². The Balaban J connectivity index is 1.73. The lowest BCUT2D eigenvalue weighted by atomic mass is 9.99. The van der Waals surface area contributed by atoms with Gasteiger partial charge in [0.1, 0.15) is 30.0 Å². The Bertz CT molecular complexity index is 1640. The molecule has 0 spiro atoms. The lowest BCUT2D eigenvalue weighted by Crippen LogP contribution is -2.53. The van der Waals surface area contributed by atoms with Crippen molar-refractivity contribution in [2.24, 2.45) is 0 Å². The number of anilines is 1. The smallest absolute Gasteiger partial charge is 0.408 e. The highest BCUT2D eigenvalue weighted by Crippen LogP contribution is 2.31. The number of para-hydroxylation sites is 1. The van der Waals surface area contributed by atoms with Crippen LogP contribution in [0.15, 0.2) is 97.1 Å². The molecule has 4 aromatic rings. The van der Waals surface area contributed by atoms with Gasteiger partial charge in [-0.15, -0.1) is 0 Å². The predicted octanol–water partition coefficient (Wildman–Crippen LogP) is 5.71. The van der Waals surface area contributed by atoms with E-state index < -0.39 is 42.1 Å². The summed E-state index contributed by atoms with van der Waals surface area (Å²) in [5.74, 6) is -1.56. The molecule has 9 heteroatoms. The summed E-state index contributed by atoms with van der Waals surface area (Å²) in [4.78, 5) is 42.1. The quantitative estimate of drug-likeness (QED) is 0.218. The molecular weight excluding hydrogens is 544 g/mol. The first kappa shape index (κ1) is 30.6. The number of phenolic OH excluding ortho intramolecular Hbond substituents is 1. The molecule has 4 aromatic carbocycles. The van der Waals surface area contributed by atoms with Gasteiger partial charge in [-0.1, -0.05) is 78.9 Å². The number of amides is 3. The Morgan fingerprint density at radius 1 is 0.907 bits per heavy atom. The van der Waals surface area contributed by atoms with Gasteiger partial charge in [-0.05, 0) is 55.3 Å². The third-order valence-corrected chi connectivity index (χ3v) is 6.60. The average Bonchev–Trinajstić information content (AvgIpc) is 2.96. The number of benzene rings is 4. The van der Waals surface area contributed by atoms with Crippen molar-refractivity contribution < 1.29 is 24.2 Å². The zero-order chi connectivity index (χ0) is 31.0. The second kappa shape index (κ2) is 13.5. The van der Waals surface area contributed by atoms with E-state index in [2.05, 4.69) is 10.6 Å². The number of nitrogens with one attached hydrogen (secondary N) is 2. The van der Waals surface area contributed by atoms with Crippen LogP contribution in [0.4, 0.5) is 10.5 Å². The fourth-order valence-electron chi connectivity index (χ4n) is 4.72. The van der Waals surface area contributed by atoms with E-state index in [-0.39, 0.29) is 17.7 Å². The van der Waals surface area contributed by atoms with E-state index in [1.165, 1.54) is 12.1 Å². The molecule has 2 unspecified atom stereocenters.